The number of pyridine rings is 1. The van der Waals surface area contributed by atoms with Gasteiger partial charge in [0.15, 0.2) is 10.8 Å². The molecule has 0 spiro atoms. The maximum atomic E-state index is 12.4. The topological polar surface area (TPSA) is 116 Å². The number of anilines is 1. The van der Waals surface area contributed by atoms with Crippen molar-refractivity contribution < 1.29 is 14.7 Å². The predicted octanol–water partition coefficient (Wildman–Crippen LogP) is 3.03. The lowest BCUT2D eigenvalue weighted by Gasteiger charge is -2.04. The molecule has 0 unspecified atom stereocenters. The number of nitriles is 1. The molecule has 0 aliphatic heterocycles. The van der Waals surface area contributed by atoms with Crippen molar-refractivity contribution in [3.8, 4) is 17.3 Å². The number of carboxylic acid groups (broad SMARTS) is 1. The van der Waals surface area contributed by atoms with E-state index in [-0.39, 0.29) is 16.4 Å². The molecule has 3 aromatic rings. The molecule has 0 bridgehead atoms. The van der Waals surface area contributed by atoms with E-state index in [1.54, 1.807) is 0 Å². The average molecular weight is 350 g/mol. The van der Waals surface area contributed by atoms with Crippen LogP contribution in [0.15, 0.2) is 48.7 Å². The molecule has 0 aliphatic rings. The summed E-state index contributed by atoms with van der Waals surface area (Å²) in [6.07, 6.45) is 1.30. The van der Waals surface area contributed by atoms with Crippen LogP contribution in [-0.4, -0.2) is 27.0 Å². The number of amides is 1. The molecule has 0 radical (unpaired) electrons. The summed E-state index contributed by atoms with van der Waals surface area (Å²) in [7, 11) is 0. The second-order valence-corrected chi connectivity index (χ2v) is 5.83. The number of thiazole rings is 1. The van der Waals surface area contributed by atoms with Gasteiger partial charge in [-0.15, -0.1) is 0 Å². The molecule has 8 heteroatoms. The maximum Gasteiger partial charge on any atom is 0.355 e. The van der Waals surface area contributed by atoms with E-state index in [1.807, 2.05) is 30.3 Å². The van der Waals surface area contributed by atoms with Gasteiger partial charge in [-0.3, -0.25) is 10.1 Å². The van der Waals surface area contributed by atoms with Crippen molar-refractivity contribution in [1.29, 1.82) is 5.26 Å². The Kier molecular flexibility index (Phi) is 4.50. The van der Waals surface area contributed by atoms with Gasteiger partial charge in [0.05, 0.1) is 5.56 Å². The monoisotopic (exact) mass is 350 g/mol. The van der Waals surface area contributed by atoms with Gasteiger partial charge in [0.2, 0.25) is 0 Å². The molecule has 0 fully saturated rings. The van der Waals surface area contributed by atoms with Gasteiger partial charge >= 0.3 is 5.97 Å². The number of rotatable bonds is 4. The van der Waals surface area contributed by atoms with Crippen LogP contribution in [0.1, 0.15) is 25.7 Å². The highest BCUT2D eigenvalue weighted by molar-refractivity contribution is 7.16. The van der Waals surface area contributed by atoms with E-state index in [1.165, 1.54) is 18.3 Å². The van der Waals surface area contributed by atoms with Crippen LogP contribution in [-0.2, 0) is 0 Å². The normalized spacial score (nSPS) is 10.0. The Morgan fingerprint density at radius 3 is 2.60 bits per heavy atom. The Hall–Kier alpha value is -3.57. The molecule has 2 N–H and O–H groups in total. The molecule has 0 saturated heterocycles. The Bertz CT molecular complexity index is 993. The zero-order chi connectivity index (χ0) is 17.8. The Balaban J connectivity index is 1.92. The van der Waals surface area contributed by atoms with Gasteiger partial charge in [-0.2, -0.15) is 5.26 Å². The van der Waals surface area contributed by atoms with Crippen molar-refractivity contribution in [2.75, 3.05) is 5.32 Å². The number of benzene rings is 1. The molecule has 25 heavy (non-hydrogen) atoms. The molecule has 1 aromatic carbocycles. The quantitative estimate of drug-likeness (QED) is 0.747. The van der Waals surface area contributed by atoms with Crippen molar-refractivity contribution in [3.05, 3.63) is 64.8 Å². The van der Waals surface area contributed by atoms with Crippen molar-refractivity contribution in [2.24, 2.45) is 0 Å². The van der Waals surface area contributed by atoms with Crippen LogP contribution in [0.3, 0.4) is 0 Å². The van der Waals surface area contributed by atoms with E-state index in [0.717, 1.165) is 16.9 Å². The largest absolute Gasteiger partial charge is 0.476 e. The number of aromatic carboxylic acids is 1. The first-order chi connectivity index (χ1) is 12.1. The van der Waals surface area contributed by atoms with E-state index in [2.05, 4.69) is 21.4 Å². The molecule has 122 valence electrons. The Morgan fingerprint density at radius 1 is 1.16 bits per heavy atom. The molecule has 2 aromatic heterocycles. The summed E-state index contributed by atoms with van der Waals surface area (Å²) in [5.74, 6) is -1.95. The number of aromatic nitrogens is 2. The summed E-state index contributed by atoms with van der Waals surface area (Å²) in [5.41, 5.74) is 0.793. The van der Waals surface area contributed by atoms with Crippen molar-refractivity contribution in [3.63, 3.8) is 0 Å². The highest BCUT2D eigenvalue weighted by Crippen LogP contribution is 2.30. The van der Waals surface area contributed by atoms with Crippen LogP contribution in [0.5, 0.6) is 0 Å². The van der Waals surface area contributed by atoms with Crippen molar-refractivity contribution >= 4 is 28.3 Å². The standard InChI is InChI=1S/C17H10N4O3S/c18-9-12-13(10-5-2-1-3-6-10)20-17(25-12)21-15(22)11-7-4-8-19-14(11)16(23)24/h1-8H,(H,23,24)(H,20,21,22). The van der Waals surface area contributed by atoms with Gasteiger partial charge in [0, 0.05) is 11.8 Å². The third kappa shape index (κ3) is 3.36. The average Bonchev–Trinajstić information content (AvgIpc) is 3.05. The fourth-order valence-electron chi connectivity index (χ4n) is 2.16. The lowest BCUT2D eigenvalue weighted by atomic mass is 10.1. The first-order valence-corrected chi connectivity index (χ1v) is 7.88. The zero-order valence-electron chi connectivity index (χ0n) is 12.6. The number of carboxylic acids is 1. The Labute approximate surface area is 146 Å². The molecular formula is C17H10N4O3S. The first-order valence-electron chi connectivity index (χ1n) is 7.06. The molecule has 2 heterocycles. The highest BCUT2D eigenvalue weighted by Gasteiger charge is 2.20. The fourth-order valence-corrected chi connectivity index (χ4v) is 2.94. The predicted molar refractivity (Wildman–Crippen MR) is 91.4 cm³/mol. The smallest absolute Gasteiger partial charge is 0.355 e. The number of hydrogen-bond donors (Lipinski definition) is 2. The minimum atomic E-state index is -1.30. The number of carbonyl (C=O) groups excluding carboxylic acids is 1. The van der Waals surface area contributed by atoms with Crippen LogP contribution in [0.2, 0.25) is 0 Å². The van der Waals surface area contributed by atoms with Crippen LogP contribution in [0, 0.1) is 11.3 Å². The summed E-state index contributed by atoms with van der Waals surface area (Å²) >= 11 is 1.02. The van der Waals surface area contributed by atoms with Crippen molar-refractivity contribution in [2.45, 2.75) is 0 Å². The van der Waals surface area contributed by atoms with Crippen LogP contribution >= 0.6 is 11.3 Å². The minimum absolute atomic E-state index is 0.0787. The molecule has 0 saturated carbocycles. The SMILES string of the molecule is N#Cc1sc(NC(=O)c2cccnc2C(=O)O)nc1-c1ccccc1. The van der Waals surface area contributed by atoms with Gasteiger partial charge in [0.1, 0.15) is 16.6 Å². The molecule has 0 atom stereocenters. The lowest BCUT2D eigenvalue weighted by molar-refractivity contribution is 0.0686. The molecule has 1 amide bonds. The second-order valence-electron chi connectivity index (χ2n) is 4.83. The van der Waals surface area contributed by atoms with E-state index in [9.17, 15) is 14.9 Å². The highest BCUT2D eigenvalue weighted by atomic mass is 32.1. The lowest BCUT2D eigenvalue weighted by Crippen LogP contribution is -2.17. The summed E-state index contributed by atoms with van der Waals surface area (Å²) in [4.78, 5) is 31.9. The van der Waals surface area contributed by atoms with Gasteiger partial charge in [-0.25, -0.2) is 14.8 Å². The minimum Gasteiger partial charge on any atom is -0.476 e. The maximum absolute atomic E-state index is 12.4. The third-order valence-electron chi connectivity index (χ3n) is 3.25. The Morgan fingerprint density at radius 2 is 1.92 bits per heavy atom. The van der Waals surface area contributed by atoms with Crippen LogP contribution in [0.25, 0.3) is 11.3 Å². The molecular weight excluding hydrogens is 340 g/mol. The van der Waals surface area contributed by atoms with Crippen LogP contribution in [0.4, 0.5) is 5.13 Å². The van der Waals surface area contributed by atoms with Gasteiger partial charge in [-0.1, -0.05) is 41.7 Å². The van der Waals surface area contributed by atoms with Crippen molar-refractivity contribution in [1.82, 2.24) is 9.97 Å². The molecule has 7 nitrogen and oxygen atoms in total. The number of hydrogen-bond acceptors (Lipinski definition) is 6. The first kappa shape index (κ1) is 16.3. The number of nitrogens with one attached hydrogen (secondary N) is 1. The number of carbonyl (C=O) groups is 2. The van der Waals surface area contributed by atoms with E-state index >= 15 is 0 Å². The van der Waals surface area contributed by atoms with E-state index < -0.39 is 11.9 Å². The summed E-state index contributed by atoms with van der Waals surface area (Å²) in [6, 6.07) is 14.0. The fraction of sp³-hybridized carbons (Fsp3) is 0. The molecule has 3 rings (SSSR count). The number of nitrogens with zero attached hydrogens (tertiary/aromatic N) is 3. The van der Waals surface area contributed by atoms with Gasteiger partial charge in [0.25, 0.3) is 5.91 Å². The van der Waals surface area contributed by atoms with E-state index in [4.69, 9.17) is 5.11 Å². The van der Waals surface area contributed by atoms with Gasteiger partial charge in [-0.05, 0) is 12.1 Å². The van der Waals surface area contributed by atoms with Gasteiger partial charge < -0.3 is 5.11 Å². The third-order valence-corrected chi connectivity index (χ3v) is 4.13. The summed E-state index contributed by atoms with van der Waals surface area (Å²) < 4.78 is 0. The summed E-state index contributed by atoms with van der Waals surface area (Å²) in [6.45, 7) is 0. The second kappa shape index (κ2) is 6.90. The molecule has 0 aliphatic carbocycles. The zero-order valence-corrected chi connectivity index (χ0v) is 13.4. The van der Waals surface area contributed by atoms with Crippen LogP contribution < -0.4 is 5.32 Å². The van der Waals surface area contributed by atoms with E-state index in [0.29, 0.717) is 10.6 Å². The summed E-state index contributed by atoms with van der Waals surface area (Å²) in [5, 5.41) is 21.1.